The first-order chi connectivity index (χ1) is 12.4. The summed E-state index contributed by atoms with van der Waals surface area (Å²) in [5, 5.41) is 4.03. The lowest BCUT2D eigenvalue weighted by atomic mass is 10.1. The lowest BCUT2D eigenvalue weighted by Crippen LogP contribution is -2.28. The van der Waals surface area contributed by atoms with Crippen LogP contribution in [0, 0.1) is 0 Å². The average Bonchev–Trinajstić information content (AvgIpc) is 2.64. The van der Waals surface area contributed by atoms with Crippen LogP contribution in [0.1, 0.15) is 24.1 Å². The molecule has 0 saturated carbocycles. The zero-order valence-corrected chi connectivity index (χ0v) is 17.2. The fraction of sp³-hybridized carbons (Fsp3) is 0.316. The number of hydrogen-bond acceptors (Lipinski definition) is 4. The van der Waals surface area contributed by atoms with Crippen LogP contribution in [0.5, 0.6) is 11.5 Å². The first kappa shape index (κ1) is 20.7. The molecule has 2 aromatic rings. The van der Waals surface area contributed by atoms with E-state index in [9.17, 15) is 4.79 Å². The molecule has 26 heavy (non-hydrogen) atoms. The largest absolute Gasteiger partial charge is 0.497 e. The predicted molar refractivity (Wildman–Crippen MR) is 109 cm³/mol. The summed E-state index contributed by atoms with van der Waals surface area (Å²) in [5.74, 6) is 2.41. The fourth-order valence-corrected chi connectivity index (χ4v) is 3.54. The molecule has 0 heterocycles. The van der Waals surface area contributed by atoms with Crippen molar-refractivity contribution in [2.45, 2.75) is 18.7 Å². The van der Waals surface area contributed by atoms with E-state index in [2.05, 4.69) is 5.32 Å². The number of ether oxygens (including phenoxy) is 2. The van der Waals surface area contributed by atoms with Crippen molar-refractivity contribution >= 4 is 40.9 Å². The van der Waals surface area contributed by atoms with E-state index in [0.717, 1.165) is 16.9 Å². The molecule has 1 amide bonds. The maximum atomic E-state index is 12.2. The molecule has 0 spiro atoms. The van der Waals surface area contributed by atoms with Gasteiger partial charge >= 0.3 is 0 Å². The Kier molecular flexibility index (Phi) is 7.94. The lowest BCUT2D eigenvalue weighted by molar-refractivity contribution is -0.119. The molecule has 2 aromatic carbocycles. The Balaban J connectivity index is 1.90. The highest BCUT2D eigenvalue weighted by Crippen LogP contribution is 2.29. The normalized spacial score (nSPS) is 11.7. The van der Waals surface area contributed by atoms with Crippen molar-refractivity contribution in [3.05, 3.63) is 57.6 Å². The molecule has 2 rings (SSSR count). The summed E-state index contributed by atoms with van der Waals surface area (Å²) in [6, 6.07) is 10.8. The minimum atomic E-state index is -0.196. The van der Waals surface area contributed by atoms with Crippen LogP contribution < -0.4 is 14.8 Å². The highest BCUT2D eigenvalue weighted by molar-refractivity contribution is 7.99. The Morgan fingerprint density at radius 2 is 1.88 bits per heavy atom. The molecule has 0 radical (unpaired) electrons. The molecule has 1 N–H and O–H groups in total. The van der Waals surface area contributed by atoms with Crippen molar-refractivity contribution in [3.63, 3.8) is 0 Å². The molecule has 7 heteroatoms. The van der Waals surface area contributed by atoms with Gasteiger partial charge in [0.15, 0.2) is 0 Å². The Morgan fingerprint density at radius 1 is 1.12 bits per heavy atom. The van der Waals surface area contributed by atoms with Gasteiger partial charge in [0.25, 0.3) is 0 Å². The van der Waals surface area contributed by atoms with E-state index >= 15 is 0 Å². The van der Waals surface area contributed by atoms with Crippen LogP contribution in [0.4, 0.5) is 0 Å². The van der Waals surface area contributed by atoms with Gasteiger partial charge in [0.2, 0.25) is 5.91 Å². The third kappa shape index (κ3) is 5.73. The minimum absolute atomic E-state index is 0.0487. The van der Waals surface area contributed by atoms with Crippen molar-refractivity contribution in [2.75, 3.05) is 20.0 Å². The molecule has 140 valence electrons. The summed E-state index contributed by atoms with van der Waals surface area (Å²) in [6.07, 6.45) is 0. The lowest BCUT2D eigenvalue weighted by Gasteiger charge is -2.18. The molecular weight excluding hydrogens is 393 g/mol. The number of hydrogen-bond donors (Lipinski definition) is 1. The van der Waals surface area contributed by atoms with E-state index in [1.165, 1.54) is 11.8 Å². The number of amides is 1. The highest BCUT2D eigenvalue weighted by atomic mass is 35.5. The molecule has 0 aliphatic heterocycles. The Labute approximate surface area is 168 Å². The highest BCUT2D eigenvalue weighted by Gasteiger charge is 2.15. The van der Waals surface area contributed by atoms with Crippen LogP contribution in [0.3, 0.4) is 0 Å². The van der Waals surface area contributed by atoms with Gasteiger partial charge in [0.05, 0.1) is 36.1 Å². The Hall–Kier alpha value is -1.56. The van der Waals surface area contributed by atoms with Gasteiger partial charge in [0, 0.05) is 11.3 Å². The summed E-state index contributed by atoms with van der Waals surface area (Å²) in [5.41, 5.74) is 1.90. The Bertz CT molecular complexity index is 770. The Morgan fingerprint density at radius 3 is 2.54 bits per heavy atom. The second kappa shape index (κ2) is 9.95. The summed E-state index contributed by atoms with van der Waals surface area (Å²) in [7, 11) is 3.21. The number of nitrogens with one attached hydrogen (secondary N) is 1. The van der Waals surface area contributed by atoms with Crippen molar-refractivity contribution in [1.82, 2.24) is 5.32 Å². The average molecular weight is 414 g/mol. The van der Waals surface area contributed by atoms with Crippen LogP contribution in [0.15, 0.2) is 36.4 Å². The molecule has 0 aromatic heterocycles. The number of thioether (sulfide) groups is 1. The first-order valence-electron chi connectivity index (χ1n) is 7.97. The fourth-order valence-electron chi connectivity index (χ4n) is 2.43. The van der Waals surface area contributed by atoms with E-state index in [1.54, 1.807) is 20.3 Å². The van der Waals surface area contributed by atoms with Gasteiger partial charge in [-0.05, 0) is 42.8 Å². The van der Waals surface area contributed by atoms with E-state index in [4.69, 9.17) is 32.7 Å². The topological polar surface area (TPSA) is 47.6 Å². The standard InChI is InChI=1S/C19H21Cl2NO3S/c1-12(15-9-14(24-2)5-7-18(15)25-3)22-19(23)11-26-10-13-4-6-16(20)17(21)8-13/h4-9,12H,10-11H2,1-3H3,(H,22,23)/t12-/m0/s1. The molecule has 0 fully saturated rings. The van der Waals surface area contributed by atoms with Crippen molar-refractivity contribution < 1.29 is 14.3 Å². The van der Waals surface area contributed by atoms with Crippen LogP contribution >= 0.6 is 35.0 Å². The molecule has 0 aliphatic carbocycles. The third-order valence-corrected chi connectivity index (χ3v) is 5.51. The van der Waals surface area contributed by atoms with Crippen LogP contribution in [-0.4, -0.2) is 25.9 Å². The number of methoxy groups -OCH3 is 2. The van der Waals surface area contributed by atoms with Gasteiger partial charge in [-0.25, -0.2) is 0 Å². The summed E-state index contributed by atoms with van der Waals surface area (Å²) in [6.45, 7) is 1.92. The summed E-state index contributed by atoms with van der Waals surface area (Å²) in [4.78, 5) is 12.2. The van der Waals surface area contributed by atoms with Crippen LogP contribution in [0.2, 0.25) is 10.0 Å². The zero-order valence-electron chi connectivity index (χ0n) is 14.8. The number of carbonyl (C=O) groups excluding carboxylic acids is 1. The van der Waals surface area contributed by atoms with Crippen molar-refractivity contribution in [1.29, 1.82) is 0 Å². The summed E-state index contributed by atoms with van der Waals surface area (Å²) < 4.78 is 10.6. The SMILES string of the molecule is COc1ccc(OC)c([C@H](C)NC(=O)CSCc2ccc(Cl)c(Cl)c2)c1. The third-order valence-electron chi connectivity index (χ3n) is 3.77. The van der Waals surface area contributed by atoms with Crippen LogP contribution in [0.25, 0.3) is 0 Å². The van der Waals surface area contributed by atoms with E-state index in [0.29, 0.717) is 27.3 Å². The predicted octanol–water partition coefficient (Wildman–Crippen LogP) is 5.12. The van der Waals surface area contributed by atoms with Crippen molar-refractivity contribution in [2.24, 2.45) is 0 Å². The second-order valence-electron chi connectivity index (χ2n) is 5.64. The van der Waals surface area contributed by atoms with Gasteiger partial charge < -0.3 is 14.8 Å². The van der Waals surface area contributed by atoms with Gasteiger partial charge in [-0.1, -0.05) is 29.3 Å². The van der Waals surface area contributed by atoms with Gasteiger partial charge in [-0.2, -0.15) is 0 Å². The molecule has 0 unspecified atom stereocenters. The van der Waals surface area contributed by atoms with Gasteiger partial charge in [0.1, 0.15) is 11.5 Å². The maximum Gasteiger partial charge on any atom is 0.230 e. The maximum absolute atomic E-state index is 12.2. The summed E-state index contributed by atoms with van der Waals surface area (Å²) >= 11 is 13.4. The minimum Gasteiger partial charge on any atom is -0.497 e. The quantitative estimate of drug-likeness (QED) is 0.651. The molecule has 4 nitrogen and oxygen atoms in total. The molecule has 0 aliphatic rings. The number of halogens is 2. The molecular formula is C19H21Cl2NO3S. The van der Waals surface area contributed by atoms with Crippen molar-refractivity contribution in [3.8, 4) is 11.5 Å². The van der Waals surface area contributed by atoms with E-state index < -0.39 is 0 Å². The number of rotatable bonds is 8. The molecule has 1 atom stereocenters. The first-order valence-corrected chi connectivity index (χ1v) is 9.88. The van der Waals surface area contributed by atoms with Crippen LogP contribution in [-0.2, 0) is 10.5 Å². The molecule has 0 bridgehead atoms. The monoisotopic (exact) mass is 413 g/mol. The number of benzene rings is 2. The van der Waals surface area contributed by atoms with E-state index in [1.807, 2.05) is 37.3 Å². The smallest absolute Gasteiger partial charge is 0.230 e. The van der Waals surface area contributed by atoms with Gasteiger partial charge in [-0.3, -0.25) is 4.79 Å². The van der Waals surface area contributed by atoms with E-state index in [-0.39, 0.29) is 11.9 Å². The van der Waals surface area contributed by atoms with Gasteiger partial charge in [-0.15, -0.1) is 11.8 Å². The molecule has 0 saturated heterocycles. The zero-order chi connectivity index (χ0) is 19.1. The second-order valence-corrected chi connectivity index (χ2v) is 7.44. The number of carbonyl (C=O) groups is 1.